The first-order valence-electron chi connectivity index (χ1n) is 8.42. The van der Waals surface area contributed by atoms with Crippen LogP contribution in [0.2, 0.25) is 0 Å². The number of anilines is 1. The zero-order valence-corrected chi connectivity index (χ0v) is 13.8. The predicted octanol–water partition coefficient (Wildman–Crippen LogP) is 1.42. The van der Waals surface area contributed by atoms with Gasteiger partial charge in [0.25, 0.3) is 5.91 Å². The van der Waals surface area contributed by atoms with Gasteiger partial charge < -0.3 is 15.0 Å². The van der Waals surface area contributed by atoms with Crippen LogP contribution in [0, 0.1) is 5.92 Å². The second-order valence-electron chi connectivity index (χ2n) is 6.34. The van der Waals surface area contributed by atoms with Gasteiger partial charge in [0.1, 0.15) is 0 Å². The highest BCUT2D eigenvalue weighted by atomic mass is 16.5. The minimum atomic E-state index is -0.517. The van der Waals surface area contributed by atoms with Crippen LogP contribution in [0.1, 0.15) is 31.7 Å². The van der Waals surface area contributed by atoms with Gasteiger partial charge in [0.15, 0.2) is 6.61 Å². The maximum Gasteiger partial charge on any atom is 0.311 e. The van der Waals surface area contributed by atoms with E-state index in [1.807, 2.05) is 31.2 Å². The lowest BCUT2D eigenvalue weighted by atomic mass is 10.1. The molecule has 1 aliphatic carbocycles. The molecule has 2 fully saturated rings. The van der Waals surface area contributed by atoms with Gasteiger partial charge >= 0.3 is 5.97 Å². The molecule has 0 radical (unpaired) electrons. The Morgan fingerprint density at radius 3 is 2.75 bits per heavy atom. The number of nitrogens with one attached hydrogen (secondary N) is 1. The zero-order chi connectivity index (χ0) is 17.1. The molecule has 3 rings (SSSR count). The number of carbonyl (C=O) groups excluding carboxylic acids is 3. The van der Waals surface area contributed by atoms with Crippen LogP contribution >= 0.6 is 0 Å². The average Bonchev–Trinajstić information content (AvgIpc) is 3.31. The molecule has 1 aromatic rings. The maximum absolute atomic E-state index is 12.3. The molecule has 1 N–H and O–H groups in total. The van der Waals surface area contributed by atoms with Gasteiger partial charge in [-0.2, -0.15) is 0 Å². The number of benzene rings is 1. The molecule has 6 nitrogen and oxygen atoms in total. The van der Waals surface area contributed by atoms with Crippen molar-refractivity contribution in [2.75, 3.05) is 18.1 Å². The Bertz CT molecular complexity index is 654. The monoisotopic (exact) mass is 330 g/mol. The minimum Gasteiger partial charge on any atom is -0.455 e. The van der Waals surface area contributed by atoms with Crippen molar-refractivity contribution in [1.82, 2.24) is 5.32 Å². The smallest absolute Gasteiger partial charge is 0.311 e. The van der Waals surface area contributed by atoms with Crippen LogP contribution in [-0.2, 0) is 25.5 Å². The van der Waals surface area contributed by atoms with Crippen LogP contribution in [0.15, 0.2) is 24.3 Å². The number of rotatable bonds is 6. The topological polar surface area (TPSA) is 75.7 Å². The Labute approximate surface area is 141 Å². The summed E-state index contributed by atoms with van der Waals surface area (Å²) in [6, 6.07) is 7.94. The van der Waals surface area contributed by atoms with E-state index in [1.54, 1.807) is 4.90 Å². The Morgan fingerprint density at radius 1 is 1.29 bits per heavy atom. The first-order chi connectivity index (χ1) is 11.6. The van der Waals surface area contributed by atoms with Crippen molar-refractivity contribution < 1.29 is 19.1 Å². The van der Waals surface area contributed by atoms with E-state index in [4.69, 9.17) is 4.74 Å². The molecule has 0 unspecified atom stereocenters. The molecule has 2 aliphatic rings. The van der Waals surface area contributed by atoms with E-state index in [2.05, 4.69) is 5.32 Å². The number of nitrogens with zero attached hydrogens (tertiary/aromatic N) is 1. The third-order valence-corrected chi connectivity index (χ3v) is 4.41. The molecular weight excluding hydrogens is 308 g/mol. The predicted molar refractivity (Wildman–Crippen MR) is 88.4 cm³/mol. The lowest BCUT2D eigenvalue weighted by Gasteiger charge is -2.19. The summed E-state index contributed by atoms with van der Waals surface area (Å²) < 4.78 is 5.08. The molecule has 24 heavy (non-hydrogen) atoms. The molecule has 0 aromatic heterocycles. The first-order valence-corrected chi connectivity index (χ1v) is 8.42. The van der Waals surface area contributed by atoms with Gasteiger partial charge in [0, 0.05) is 24.7 Å². The molecular formula is C18H22N2O4. The van der Waals surface area contributed by atoms with E-state index < -0.39 is 11.9 Å². The quantitative estimate of drug-likeness (QED) is 0.801. The van der Waals surface area contributed by atoms with E-state index in [1.165, 1.54) is 0 Å². The largest absolute Gasteiger partial charge is 0.455 e. The van der Waals surface area contributed by atoms with Crippen LogP contribution in [0.3, 0.4) is 0 Å². The van der Waals surface area contributed by atoms with Gasteiger partial charge in [0.05, 0.1) is 5.92 Å². The summed E-state index contributed by atoms with van der Waals surface area (Å²) in [5, 5.41) is 2.76. The van der Waals surface area contributed by atoms with E-state index in [0.717, 1.165) is 30.5 Å². The normalized spacial score (nSPS) is 20.1. The van der Waals surface area contributed by atoms with Crippen molar-refractivity contribution in [3.63, 3.8) is 0 Å². The van der Waals surface area contributed by atoms with Crippen LogP contribution in [0.5, 0.6) is 0 Å². The fraction of sp³-hybridized carbons (Fsp3) is 0.500. The molecule has 1 heterocycles. The summed E-state index contributed by atoms with van der Waals surface area (Å²) in [6.07, 6.45) is 2.92. The average molecular weight is 330 g/mol. The van der Waals surface area contributed by atoms with E-state index in [9.17, 15) is 14.4 Å². The summed E-state index contributed by atoms with van der Waals surface area (Å²) in [5.41, 5.74) is 1.93. The van der Waals surface area contributed by atoms with Gasteiger partial charge in [-0.1, -0.05) is 25.1 Å². The number of aryl methyl sites for hydroxylation is 1. The van der Waals surface area contributed by atoms with Crippen molar-refractivity contribution in [1.29, 1.82) is 0 Å². The number of esters is 1. The summed E-state index contributed by atoms with van der Waals surface area (Å²) in [7, 11) is 0. The molecule has 128 valence electrons. The Morgan fingerprint density at radius 2 is 2.04 bits per heavy atom. The van der Waals surface area contributed by atoms with Gasteiger partial charge in [-0.25, -0.2) is 0 Å². The standard InChI is InChI=1S/C18H22N2O4/c1-2-12-5-3-4-6-15(12)20-10-13(9-17(20)22)18(23)24-11-16(21)19-14-7-8-14/h3-6,13-14H,2,7-11H2,1H3,(H,19,21)/t13-/m0/s1. The number of hydrogen-bond acceptors (Lipinski definition) is 4. The van der Waals surface area contributed by atoms with Crippen LogP contribution < -0.4 is 10.2 Å². The molecule has 1 atom stereocenters. The number of carbonyl (C=O) groups is 3. The van der Waals surface area contributed by atoms with Crippen LogP contribution in [0.4, 0.5) is 5.69 Å². The first kappa shape index (κ1) is 16.5. The van der Waals surface area contributed by atoms with Crippen molar-refractivity contribution in [2.24, 2.45) is 5.92 Å². The van der Waals surface area contributed by atoms with E-state index in [-0.39, 0.29) is 30.9 Å². The van der Waals surface area contributed by atoms with Crippen molar-refractivity contribution in [3.05, 3.63) is 29.8 Å². The van der Waals surface area contributed by atoms with Gasteiger partial charge in [-0.05, 0) is 30.9 Å². The van der Waals surface area contributed by atoms with Crippen molar-refractivity contribution >= 4 is 23.5 Å². The fourth-order valence-corrected chi connectivity index (χ4v) is 2.92. The molecule has 1 saturated carbocycles. The number of ether oxygens (including phenoxy) is 1. The third kappa shape index (κ3) is 3.75. The Kier molecular flexibility index (Phi) is 4.83. The minimum absolute atomic E-state index is 0.0831. The third-order valence-electron chi connectivity index (χ3n) is 4.41. The molecule has 6 heteroatoms. The molecule has 1 aromatic carbocycles. The van der Waals surface area contributed by atoms with Gasteiger partial charge in [0.2, 0.25) is 5.91 Å². The number of hydrogen-bond donors (Lipinski definition) is 1. The lowest BCUT2D eigenvalue weighted by Crippen LogP contribution is -2.32. The summed E-state index contributed by atoms with van der Waals surface area (Å²) in [5.74, 6) is -1.36. The van der Waals surface area contributed by atoms with Crippen molar-refractivity contribution in [3.8, 4) is 0 Å². The highest BCUT2D eigenvalue weighted by Gasteiger charge is 2.37. The molecule has 0 bridgehead atoms. The second kappa shape index (κ2) is 7.03. The molecule has 1 saturated heterocycles. The van der Waals surface area contributed by atoms with Crippen LogP contribution in [-0.4, -0.2) is 37.0 Å². The number of amides is 2. The zero-order valence-electron chi connectivity index (χ0n) is 13.8. The molecule has 1 aliphatic heterocycles. The van der Waals surface area contributed by atoms with Crippen molar-refractivity contribution in [2.45, 2.75) is 38.6 Å². The van der Waals surface area contributed by atoms with E-state index >= 15 is 0 Å². The fourth-order valence-electron chi connectivity index (χ4n) is 2.92. The van der Waals surface area contributed by atoms with Gasteiger partial charge in [-0.3, -0.25) is 14.4 Å². The maximum atomic E-state index is 12.3. The summed E-state index contributed by atoms with van der Waals surface area (Å²) in [6.45, 7) is 2.06. The number of para-hydroxylation sites is 1. The van der Waals surface area contributed by atoms with Gasteiger partial charge in [-0.15, -0.1) is 0 Å². The second-order valence-corrected chi connectivity index (χ2v) is 6.34. The Hall–Kier alpha value is -2.37. The highest BCUT2D eigenvalue weighted by molar-refractivity contribution is 6.00. The summed E-state index contributed by atoms with van der Waals surface area (Å²) in [4.78, 5) is 37.7. The molecule has 2 amide bonds. The Balaban J connectivity index is 1.57. The van der Waals surface area contributed by atoms with Crippen LogP contribution in [0.25, 0.3) is 0 Å². The lowest BCUT2D eigenvalue weighted by molar-refractivity contribution is -0.152. The molecule has 0 spiro atoms. The summed E-state index contributed by atoms with van der Waals surface area (Å²) >= 11 is 0. The van der Waals surface area contributed by atoms with E-state index in [0.29, 0.717) is 6.54 Å². The highest BCUT2D eigenvalue weighted by Crippen LogP contribution is 2.29. The SMILES string of the molecule is CCc1ccccc1N1C[C@@H](C(=O)OCC(=O)NC2CC2)CC1=O.